The predicted molar refractivity (Wildman–Crippen MR) is 79.0 cm³/mol. The number of rotatable bonds is 7. The smallest absolute Gasteiger partial charge is 0.165 e. The van der Waals surface area contributed by atoms with E-state index in [0.717, 1.165) is 38.4 Å². The van der Waals surface area contributed by atoms with Crippen LogP contribution in [-0.2, 0) is 11.3 Å². The van der Waals surface area contributed by atoms with Gasteiger partial charge in [0.15, 0.2) is 11.6 Å². The Balaban J connectivity index is 1.52. The van der Waals surface area contributed by atoms with Crippen molar-refractivity contribution in [3.8, 4) is 5.75 Å². The molecule has 1 heterocycles. The van der Waals surface area contributed by atoms with Gasteiger partial charge in [-0.1, -0.05) is 12.1 Å². The third-order valence-electron chi connectivity index (χ3n) is 3.96. The minimum absolute atomic E-state index is 0.271. The summed E-state index contributed by atoms with van der Waals surface area (Å²) in [6, 6.07) is 5.75. The van der Waals surface area contributed by atoms with Crippen LogP contribution in [0.15, 0.2) is 18.2 Å². The first-order valence-electron chi connectivity index (χ1n) is 7.76. The third-order valence-corrected chi connectivity index (χ3v) is 3.96. The molecule has 0 unspecified atom stereocenters. The molecule has 0 spiro atoms. The van der Waals surface area contributed by atoms with Crippen LogP contribution in [-0.4, -0.2) is 50.4 Å². The van der Waals surface area contributed by atoms with Gasteiger partial charge in [-0.05, 0) is 18.9 Å². The number of para-hydroxylation sites is 1. The Morgan fingerprint density at radius 3 is 2.86 bits per heavy atom. The van der Waals surface area contributed by atoms with Gasteiger partial charge >= 0.3 is 0 Å². The number of ether oxygens (including phenoxy) is 2. The molecule has 1 aromatic rings. The summed E-state index contributed by atoms with van der Waals surface area (Å²) >= 11 is 0. The minimum Gasteiger partial charge on any atom is -0.489 e. The molecule has 2 fully saturated rings. The van der Waals surface area contributed by atoms with Gasteiger partial charge in [-0.15, -0.1) is 0 Å². The van der Waals surface area contributed by atoms with Crippen molar-refractivity contribution in [2.24, 2.45) is 0 Å². The summed E-state index contributed by atoms with van der Waals surface area (Å²) in [5, 5.41) is 3.41. The minimum atomic E-state index is -0.271. The molecule has 2 aliphatic rings. The summed E-state index contributed by atoms with van der Waals surface area (Å²) in [7, 11) is 0. The lowest BCUT2D eigenvalue weighted by Gasteiger charge is -2.26. The normalized spacial score (nSPS) is 19.7. The molecular weight excluding hydrogens is 271 g/mol. The van der Waals surface area contributed by atoms with Gasteiger partial charge in [-0.25, -0.2) is 4.39 Å². The van der Waals surface area contributed by atoms with Gasteiger partial charge in [0.1, 0.15) is 6.61 Å². The first-order valence-corrected chi connectivity index (χ1v) is 7.76. The van der Waals surface area contributed by atoms with Crippen LogP contribution < -0.4 is 10.1 Å². The molecule has 0 bridgehead atoms. The fourth-order valence-corrected chi connectivity index (χ4v) is 2.50. The predicted octanol–water partition coefficient (Wildman–Crippen LogP) is 1.79. The molecule has 5 heteroatoms. The molecular formula is C16H23FN2O2. The van der Waals surface area contributed by atoms with E-state index in [0.29, 0.717) is 24.9 Å². The summed E-state index contributed by atoms with van der Waals surface area (Å²) in [6.07, 6.45) is 2.45. The molecule has 1 saturated carbocycles. The van der Waals surface area contributed by atoms with Gasteiger partial charge in [0.2, 0.25) is 0 Å². The van der Waals surface area contributed by atoms with E-state index in [-0.39, 0.29) is 5.82 Å². The Hall–Kier alpha value is -1.17. The monoisotopic (exact) mass is 294 g/mol. The van der Waals surface area contributed by atoms with Crippen LogP contribution in [0.1, 0.15) is 18.4 Å². The number of hydrogen-bond donors (Lipinski definition) is 1. The number of nitrogens with zero attached hydrogens (tertiary/aromatic N) is 1. The number of morpholine rings is 1. The highest BCUT2D eigenvalue weighted by Crippen LogP contribution is 2.25. The number of halogens is 1. The van der Waals surface area contributed by atoms with E-state index in [1.807, 2.05) is 6.07 Å². The van der Waals surface area contributed by atoms with Crippen molar-refractivity contribution in [3.63, 3.8) is 0 Å². The highest BCUT2D eigenvalue weighted by Gasteiger charge is 2.21. The lowest BCUT2D eigenvalue weighted by Crippen LogP contribution is -2.38. The van der Waals surface area contributed by atoms with Gasteiger partial charge in [0, 0.05) is 37.8 Å². The summed E-state index contributed by atoms with van der Waals surface area (Å²) in [5.74, 6) is 0.131. The first kappa shape index (κ1) is 14.8. The van der Waals surface area contributed by atoms with E-state index in [2.05, 4.69) is 10.2 Å². The van der Waals surface area contributed by atoms with Gasteiger partial charge in [-0.3, -0.25) is 4.90 Å². The molecule has 3 rings (SSSR count). The van der Waals surface area contributed by atoms with Crippen LogP contribution in [0.3, 0.4) is 0 Å². The second kappa shape index (κ2) is 7.20. The summed E-state index contributed by atoms with van der Waals surface area (Å²) < 4.78 is 25.0. The van der Waals surface area contributed by atoms with Crippen molar-refractivity contribution in [1.29, 1.82) is 0 Å². The molecule has 116 valence electrons. The van der Waals surface area contributed by atoms with Crippen LogP contribution >= 0.6 is 0 Å². The molecule has 0 radical (unpaired) electrons. The number of benzene rings is 1. The number of nitrogens with one attached hydrogen (secondary N) is 1. The Morgan fingerprint density at radius 2 is 2.10 bits per heavy atom. The van der Waals surface area contributed by atoms with Crippen molar-refractivity contribution in [1.82, 2.24) is 10.2 Å². The van der Waals surface area contributed by atoms with Crippen molar-refractivity contribution >= 4 is 0 Å². The van der Waals surface area contributed by atoms with E-state index in [1.165, 1.54) is 18.9 Å². The summed E-state index contributed by atoms with van der Waals surface area (Å²) in [6.45, 7) is 5.40. The second-order valence-electron chi connectivity index (χ2n) is 5.69. The van der Waals surface area contributed by atoms with E-state index in [4.69, 9.17) is 9.47 Å². The zero-order valence-electron chi connectivity index (χ0n) is 12.3. The van der Waals surface area contributed by atoms with Crippen molar-refractivity contribution < 1.29 is 13.9 Å². The Labute approximate surface area is 125 Å². The molecule has 21 heavy (non-hydrogen) atoms. The maximum atomic E-state index is 14.0. The van der Waals surface area contributed by atoms with E-state index >= 15 is 0 Å². The average molecular weight is 294 g/mol. The molecule has 0 atom stereocenters. The molecule has 1 aliphatic heterocycles. The standard InChI is InChI=1S/C16H23FN2O2/c17-15-3-1-2-13(12-18-14-4-5-14)16(15)21-11-8-19-6-9-20-10-7-19/h1-3,14,18H,4-12H2. The maximum Gasteiger partial charge on any atom is 0.165 e. The highest BCUT2D eigenvalue weighted by atomic mass is 19.1. The van der Waals surface area contributed by atoms with Crippen molar-refractivity contribution in [3.05, 3.63) is 29.6 Å². The van der Waals surface area contributed by atoms with Gasteiger partial charge in [0.05, 0.1) is 13.2 Å². The average Bonchev–Trinajstić information content (AvgIpc) is 3.33. The van der Waals surface area contributed by atoms with E-state index in [1.54, 1.807) is 6.07 Å². The number of hydrogen-bond acceptors (Lipinski definition) is 4. The molecule has 1 N–H and O–H groups in total. The van der Waals surface area contributed by atoms with Crippen LogP contribution in [0.25, 0.3) is 0 Å². The molecule has 1 saturated heterocycles. The fourth-order valence-electron chi connectivity index (χ4n) is 2.50. The quantitative estimate of drug-likeness (QED) is 0.831. The zero-order valence-corrected chi connectivity index (χ0v) is 12.3. The molecule has 1 aromatic carbocycles. The third kappa shape index (κ3) is 4.40. The van der Waals surface area contributed by atoms with Crippen LogP contribution in [0.4, 0.5) is 4.39 Å². The fraction of sp³-hybridized carbons (Fsp3) is 0.625. The van der Waals surface area contributed by atoms with Crippen LogP contribution in [0.2, 0.25) is 0 Å². The van der Waals surface area contributed by atoms with E-state index in [9.17, 15) is 4.39 Å². The van der Waals surface area contributed by atoms with Gasteiger partial charge in [-0.2, -0.15) is 0 Å². The Morgan fingerprint density at radius 1 is 1.29 bits per heavy atom. The van der Waals surface area contributed by atoms with Crippen LogP contribution in [0.5, 0.6) is 5.75 Å². The molecule has 4 nitrogen and oxygen atoms in total. The Bertz CT molecular complexity index is 460. The Kier molecular flexibility index (Phi) is 5.06. The van der Waals surface area contributed by atoms with Gasteiger partial charge in [0.25, 0.3) is 0 Å². The largest absolute Gasteiger partial charge is 0.489 e. The van der Waals surface area contributed by atoms with Crippen LogP contribution in [0, 0.1) is 5.82 Å². The molecule has 0 aromatic heterocycles. The lowest BCUT2D eigenvalue weighted by atomic mass is 10.2. The topological polar surface area (TPSA) is 33.7 Å². The van der Waals surface area contributed by atoms with E-state index < -0.39 is 0 Å². The van der Waals surface area contributed by atoms with Crippen molar-refractivity contribution in [2.75, 3.05) is 39.5 Å². The first-order chi connectivity index (χ1) is 10.3. The molecule has 1 aliphatic carbocycles. The SMILES string of the molecule is Fc1cccc(CNC2CC2)c1OCCN1CCOCC1. The van der Waals surface area contributed by atoms with Crippen molar-refractivity contribution in [2.45, 2.75) is 25.4 Å². The summed E-state index contributed by atoms with van der Waals surface area (Å²) in [4.78, 5) is 2.28. The zero-order chi connectivity index (χ0) is 14.5. The lowest BCUT2D eigenvalue weighted by molar-refractivity contribution is 0.0319. The van der Waals surface area contributed by atoms with Gasteiger partial charge < -0.3 is 14.8 Å². The second-order valence-corrected chi connectivity index (χ2v) is 5.69. The maximum absolute atomic E-state index is 14.0. The summed E-state index contributed by atoms with van der Waals surface area (Å²) in [5.41, 5.74) is 0.906. The highest BCUT2D eigenvalue weighted by molar-refractivity contribution is 5.35. The molecule has 0 amide bonds.